The predicted molar refractivity (Wildman–Crippen MR) is 241 cm³/mol. The van der Waals surface area contributed by atoms with Crippen molar-refractivity contribution >= 4 is 29.8 Å². The van der Waals surface area contributed by atoms with Gasteiger partial charge in [0, 0.05) is 25.7 Å². The number of carbonyl (C=O) groups excluding carboxylic acids is 5. The molecule has 0 unspecified atom stereocenters. The van der Waals surface area contributed by atoms with Crippen molar-refractivity contribution in [2.75, 3.05) is 39.6 Å². The SMILES string of the molecule is CCCCCCCCCOC(=O)CCCCCCC(=O)OCC(CO)(COC(=O)CCCCCCC(=O)OCCCCCCCCC)COC(=O)CC12CC3CC(CC(C3)C1)C2. The van der Waals surface area contributed by atoms with Crippen LogP contribution in [0.2, 0.25) is 0 Å². The molecule has 11 heteroatoms. The van der Waals surface area contributed by atoms with Crippen LogP contribution in [0.15, 0.2) is 0 Å². The Morgan fingerprint density at radius 2 is 0.742 bits per heavy atom. The topological polar surface area (TPSA) is 152 Å². The van der Waals surface area contributed by atoms with Crippen molar-refractivity contribution in [3.05, 3.63) is 0 Å². The molecule has 4 rings (SSSR count). The second kappa shape index (κ2) is 32.0. The molecule has 4 aliphatic rings. The Bertz CT molecular complexity index is 1170. The summed E-state index contributed by atoms with van der Waals surface area (Å²) in [4.78, 5) is 63.3. The van der Waals surface area contributed by atoms with Crippen LogP contribution in [0, 0.1) is 28.6 Å². The molecule has 4 aliphatic carbocycles. The second-order valence-corrected chi connectivity index (χ2v) is 19.7. The Hall–Kier alpha value is -2.69. The van der Waals surface area contributed by atoms with Crippen LogP contribution in [-0.2, 0) is 47.7 Å². The van der Waals surface area contributed by atoms with Gasteiger partial charge in [-0.05, 0) is 100 Å². The van der Waals surface area contributed by atoms with Gasteiger partial charge in [0.2, 0.25) is 0 Å². The van der Waals surface area contributed by atoms with Gasteiger partial charge in [-0.2, -0.15) is 0 Å². The fraction of sp³-hybridized carbons (Fsp3) is 0.902. The first-order valence-electron chi connectivity index (χ1n) is 25.5. The highest BCUT2D eigenvalue weighted by Gasteiger charge is 2.52. The average molecular weight is 877 g/mol. The molecule has 4 fully saturated rings. The highest BCUT2D eigenvalue weighted by molar-refractivity contribution is 5.71. The van der Waals surface area contributed by atoms with Gasteiger partial charge in [-0.25, -0.2) is 0 Å². The summed E-state index contributed by atoms with van der Waals surface area (Å²) in [5.74, 6) is 0.571. The van der Waals surface area contributed by atoms with Gasteiger partial charge < -0.3 is 28.8 Å². The summed E-state index contributed by atoms with van der Waals surface area (Å²) < 4.78 is 27.9. The first kappa shape index (κ1) is 53.6. The van der Waals surface area contributed by atoms with Crippen molar-refractivity contribution in [2.24, 2.45) is 28.6 Å². The first-order chi connectivity index (χ1) is 30.1. The van der Waals surface area contributed by atoms with Gasteiger partial charge in [0.15, 0.2) is 0 Å². The quantitative estimate of drug-likeness (QED) is 0.0357. The van der Waals surface area contributed by atoms with Crippen molar-refractivity contribution in [2.45, 2.75) is 226 Å². The summed E-state index contributed by atoms with van der Waals surface area (Å²) in [6.45, 7) is 4.16. The van der Waals surface area contributed by atoms with E-state index >= 15 is 0 Å². The molecule has 0 spiro atoms. The number of ether oxygens (including phenoxy) is 5. The van der Waals surface area contributed by atoms with Crippen LogP contribution in [0.25, 0.3) is 0 Å². The number of esters is 5. The monoisotopic (exact) mass is 877 g/mol. The van der Waals surface area contributed by atoms with E-state index in [1.54, 1.807) is 0 Å². The number of carbonyl (C=O) groups is 5. The predicted octanol–water partition coefficient (Wildman–Crippen LogP) is 11.5. The molecule has 0 aromatic rings. The molecule has 4 saturated carbocycles. The smallest absolute Gasteiger partial charge is 0.306 e. The summed E-state index contributed by atoms with van der Waals surface area (Å²) >= 11 is 0. The van der Waals surface area contributed by atoms with E-state index in [9.17, 15) is 29.1 Å². The summed E-state index contributed by atoms with van der Waals surface area (Å²) in [5.41, 5.74) is -1.29. The molecule has 0 atom stereocenters. The minimum atomic E-state index is -1.28. The maximum Gasteiger partial charge on any atom is 0.306 e. The lowest BCUT2D eigenvalue weighted by Crippen LogP contribution is -2.47. The Morgan fingerprint density at radius 3 is 1.10 bits per heavy atom. The normalized spacial score (nSPS) is 20.2. The molecule has 0 amide bonds. The molecule has 0 aromatic carbocycles. The molecule has 0 saturated heterocycles. The van der Waals surface area contributed by atoms with Crippen molar-refractivity contribution in [1.82, 2.24) is 0 Å². The number of hydrogen-bond acceptors (Lipinski definition) is 11. The van der Waals surface area contributed by atoms with Crippen molar-refractivity contribution in [1.29, 1.82) is 0 Å². The zero-order valence-electron chi connectivity index (χ0n) is 39.3. The maximum absolute atomic E-state index is 13.4. The number of rotatable bonds is 39. The van der Waals surface area contributed by atoms with Crippen LogP contribution in [0.4, 0.5) is 0 Å². The van der Waals surface area contributed by atoms with E-state index in [2.05, 4.69) is 13.8 Å². The molecule has 0 aromatic heterocycles. The number of hydrogen-bond donors (Lipinski definition) is 1. The van der Waals surface area contributed by atoms with Crippen molar-refractivity contribution < 1.29 is 52.8 Å². The standard InChI is InChI=1S/C51H88O11/c1-3-5-7-9-11-17-23-29-58-45(53)25-19-13-15-21-27-47(55)60-39-51(38-52,41-62-49(57)37-50-34-42-31-43(35-50)33-44(32-42)36-50)40-61-48(56)28-22-16-14-20-26-46(54)59-30-24-18-12-10-8-6-4-2/h42-44,52H,3-41H2,1-2H3. The van der Waals surface area contributed by atoms with Crippen molar-refractivity contribution in [3.63, 3.8) is 0 Å². The zero-order valence-corrected chi connectivity index (χ0v) is 39.3. The highest BCUT2D eigenvalue weighted by atomic mass is 16.6. The molecule has 0 heterocycles. The van der Waals surface area contributed by atoms with Gasteiger partial charge in [-0.15, -0.1) is 0 Å². The van der Waals surface area contributed by atoms with E-state index in [0.29, 0.717) is 75.9 Å². The molecular formula is C51H88O11. The maximum atomic E-state index is 13.4. The first-order valence-corrected chi connectivity index (χ1v) is 25.5. The van der Waals surface area contributed by atoms with E-state index in [-0.39, 0.29) is 56.0 Å². The number of aliphatic hydroxyl groups excluding tert-OH is 1. The van der Waals surface area contributed by atoms with Crippen LogP contribution in [0.5, 0.6) is 0 Å². The van der Waals surface area contributed by atoms with Gasteiger partial charge >= 0.3 is 29.8 Å². The summed E-state index contributed by atoms with van der Waals surface area (Å²) in [5, 5.41) is 10.6. The third-order valence-corrected chi connectivity index (χ3v) is 13.7. The van der Waals surface area contributed by atoms with E-state index in [1.165, 1.54) is 83.5 Å². The van der Waals surface area contributed by atoms with Crippen LogP contribution in [0.3, 0.4) is 0 Å². The molecule has 0 aliphatic heterocycles. The van der Waals surface area contributed by atoms with Gasteiger partial charge in [0.25, 0.3) is 0 Å². The fourth-order valence-corrected chi connectivity index (χ4v) is 10.4. The minimum Gasteiger partial charge on any atom is -0.466 e. The van der Waals surface area contributed by atoms with Crippen LogP contribution < -0.4 is 0 Å². The number of unbranched alkanes of at least 4 members (excludes halogenated alkanes) is 18. The number of aliphatic hydroxyl groups is 1. The lowest BCUT2D eigenvalue weighted by Gasteiger charge is -2.56. The van der Waals surface area contributed by atoms with Crippen LogP contribution in [0.1, 0.15) is 226 Å². The van der Waals surface area contributed by atoms with Gasteiger partial charge in [-0.1, -0.05) is 117 Å². The Kier molecular flexibility index (Phi) is 27.7. The zero-order chi connectivity index (χ0) is 44.7. The van der Waals surface area contributed by atoms with Crippen LogP contribution in [-0.4, -0.2) is 74.6 Å². The third-order valence-electron chi connectivity index (χ3n) is 13.7. The Labute approximate surface area is 375 Å². The minimum absolute atomic E-state index is 0.00621. The molecule has 1 N–H and O–H groups in total. The highest BCUT2D eigenvalue weighted by Crippen LogP contribution is 2.61. The molecule has 4 bridgehead atoms. The fourth-order valence-electron chi connectivity index (χ4n) is 10.4. The molecule has 0 radical (unpaired) electrons. The summed E-state index contributed by atoms with van der Waals surface area (Å²) in [6.07, 6.45) is 30.6. The average Bonchev–Trinajstić information content (AvgIpc) is 3.24. The van der Waals surface area contributed by atoms with Crippen LogP contribution >= 0.6 is 0 Å². The second-order valence-electron chi connectivity index (χ2n) is 19.7. The van der Waals surface area contributed by atoms with E-state index in [4.69, 9.17) is 23.7 Å². The lowest BCUT2D eigenvalue weighted by atomic mass is 9.49. The molecule has 62 heavy (non-hydrogen) atoms. The van der Waals surface area contributed by atoms with Gasteiger partial charge in [-0.3, -0.25) is 24.0 Å². The van der Waals surface area contributed by atoms with Crippen molar-refractivity contribution in [3.8, 4) is 0 Å². The van der Waals surface area contributed by atoms with E-state index in [0.717, 1.165) is 70.6 Å². The van der Waals surface area contributed by atoms with Gasteiger partial charge in [0.05, 0.1) is 31.7 Å². The lowest BCUT2D eigenvalue weighted by molar-refractivity contribution is -0.168. The summed E-state index contributed by atoms with van der Waals surface area (Å²) in [7, 11) is 0. The molecular weight excluding hydrogens is 789 g/mol. The molecule has 11 nitrogen and oxygen atoms in total. The van der Waals surface area contributed by atoms with Gasteiger partial charge in [0.1, 0.15) is 19.8 Å². The van der Waals surface area contributed by atoms with E-state index in [1.807, 2.05) is 0 Å². The largest absolute Gasteiger partial charge is 0.466 e. The Balaban J connectivity index is 1.34. The van der Waals surface area contributed by atoms with E-state index < -0.39 is 24.0 Å². The Morgan fingerprint density at radius 1 is 0.435 bits per heavy atom. The summed E-state index contributed by atoms with van der Waals surface area (Å²) in [6, 6.07) is 0. The third kappa shape index (κ3) is 23.3. The molecule has 358 valence electrons.